The molecule has 2 heterocycles. The molecule has 1 atom stereocenters. The third-order valence-electron chi connectivity index (χ3n) is 7.03. The number of aromatic nitrogens is 1. The molecule has 1 aliphatic rings. The van der Waals surface area contributed by atoms with Gasteiger partial charge in [0.25, 0.3) is 5.91 Å². The van der Waals surface area contributed by atoms with Crippen LogP contribution in [-0.4, -0.2) is 49.4 Å². The van der Waals surface area contributed by atoms with Crippen LogP contribution in [0, 0.1) is 0 Å². The number of hydrogen-bond acceptors (Lipinski definition) is 6. The number of carbonyl (C=O) groups is 1. The van der Waals surface area contributed by atoms with Gasteiger partial charge in [0, 0.05) is 25.3 Å². The Morgan fingerprint density at radius 3 is 2.46 bits per heavy atom. The zero-order valence-corrected chi connectivity index (χ0v) is 23.9. The van der Waals surface area contributed by atoms with E-state index in [1.54, 1.807) is 17.0 Å². The lowest BCUT2D eigenvalue weighted by atomic mass is 10.1. The van der Waals surface area contributed by atoms with Crippen molar-refractivity contribution in [1.82, 2.24) is 9.29 Å². The molecule has 7 nitrogen and oxygen atoms in total. The number of ether oxygens (including phenoxy) is 1. The Labute approximate surface area is 234 Å². The molecular formula is C30H33N3O4S2. The van der Waals surface area contributed by atoms with Crippen LogP contribution in [-0.2, 0) is 27.7 Å². The number of thiazole rings is 1. The van der Waals surface area contributed by atoms with Gasteiger partial charge in [-0.15, -0.1) is 0 Å². The number of sulfonamides is 1. The molecule has 5 rings (SSSR count). The molecule has 1 unspecified atom stereocenters. The molecule has 1 amide bonds. The van der Waals surface area contributed by atoms with Gasteiger partial charge in [-0.1, -0.05) is 61.6 Å². The van der Waals surface area contributed by atoms with Gasteiger partial charge in [0.05, 0.1) is 27.8 Å². The molecule has 0 spiro atoms. The van der Waals surface area contributed by atoms with Crippen molar-refractivity contribution < 1.29 is 17.9 Å². The average Bonchev–Trinajstić information content (AvgIpc) is 3.64. The van der Waals surface area contributed by atoms with Gasteiger partial charge in [-0.05, 0) is 66.8 Å². The summed E-state index contributed by atoms with van der Waals surface area (Å²) >= 11 is 1.49. The first-order chi connectivity index (χ1) is 18.9. The lowest BCUT2D eigenvalue weighted by molar-refractivity contribution is 0.0917. The van der Waals surface area contributed by atoms with E-state index in [9.17, 15) is 13.2 Å². The van der Waals surface area contributed by atoms with Crippen LogP contribution in [0.1, 0.15) is 48.2 Å². The summed E-state index contributed by atoms with van der Waals surface area (Å²) < 4.78 is 35.1. The van der Waals surface area contributed by atoms with Gasteiger partial charge in [-0.25, -0.2) is 13.4 Å². The molecule has 39 heavy (non-hydrogen) atoms. The summed E-state index contributed by atoms with van der Waals surface area (Å²) in [6.07, 6.45) is 2.73. The van der Waals surface area contributed by atoms with Crippen LogP contribution in [0.5, 0.6) is 0 Å². The molecule has 3 aromatic carbocycles. The Bertz CT molecular complexity index is 1530. The van der Waals surface area contributed by atoms with Crippen molar-refractivity contribution in [3.05, 3.63) is 89.5 Å². The maximum atomic E-state index is 13.8. The quantitative estimate of drug-likeness (QED) is 0.240. The number of carbonyl (C=O) groups excluding carboxylic acids is 1. The number of hydrogen-bond donors (Lipinski definition) is 0. The standard InChI is InChI=1S/C30H33N3O4S2/c1-3-22-12-17-27-28(19-22)38-30(31-27)33(21-25-11-8-18-37-25)29(34)24-13-15-26(16-14-24)39(35,36)32(4-2)20-23-9-6-5-7-10-23/h5-7,9-10,12-17,19,25H,3-4,8,11,18,20-21H2,1-2H3. The van der Waals surface area contributed by atoms with E-state index in [2.05, 4.69) is 19.1 Å². The summed E-state index contributed by atoms with van der Waals surface area (Å²) in [4.78, 5) is 20.4. The largest absolute Gasteiger partial charge is 0.376 e. The first kappa shape index (κ1) is 27.5. The molecular weight excluding hydrogens is 530 g/mol. The van der Waals surface area contributed by atoms with Crippen molar-refractivity contribution in [2.75, 3.05) is 24.6 Å². The number of fused-ring (bicyclic) bond motifs is 1. The highest BCUT2D eigenvalue weighted by Crippen LogP contribution is 2.32. The van der Waals surface area contributed by atoms with E-state index in [1.165, 1.54) is 33.3 Å². The van der Waals surface area contributed by atoms with E-state index in [0.717, 1.165) is 35.0 Å². The van der Waals surface area contributed by atoms with Crippen LogP contribution in [0.25, 0.3) is 10.2 Å². The van der Waals surface area contributed by atoms with Crippen LogP contribution in [0.3, 0.4) is 0 Å². The van der Waals surface area contributed by atoms with Crippen molar-refractivity contribution in [2.24, 2.45) is 0 Å². The Hall–Kier alpha value is -3.11. The average molecular weight is 564 g/mol. The Balaban J connectivity index is 1.41. The van der Waals surface area contributed by atoms with E-state index < -0.39 is 10.0 Å². The second-order valence-electron chi connectivity index (χ2n) is 9.64. The van der Waals surface area contributed by atoms with E-state index in [-0.39, 0.29) is 23.5 Å². The predicted octanol–water partition coefficient (Wildman–Crippen LogP) is 5.90. The van der Waals surface area contributed by atoms with E-state index in [1.807, 2.05) is 43.3 Å². The van der Waals surface area contributed by atoms with Crippen molar-refractivity contribution in [2.45, 2.75) is 50.7 Å². The summed E-state index contributed by atoms with van der Waals surface area (Å²) in [6, 6.07) is 21.9. The van der Waals surface area contributed by atoms with Crippen LogP contribution in [0.15, 0.2) is 77.7 Å². The van der Waals surface area contributed by atoms with E-state index >= 15 is 0 Å². The highest BCUT2D eigenvalue weighted by atomic mass is 32.2. The fourth-order valence-electron chi connectivity index (χ4n) is 4.76. The number of anilines is 1. The highest BCUT2D eigenvalue weighted by Gasteiger charge is 2.28. The molecule has 0 bridgehead atoms. The normalized spacial score (nSPS) is 15.7. The van der Waals surface area contributed by atoms with Gasteiger partial charge in [-0.2, -0.15) is 4.31 Å². The third-order valence-corrected chi connectivity index (χ3v) is 10.0. The molecule has 1 aliphatic heterocycles. The minimum Gasteiger partial charge on any atom is -0.376 e. The lowest BCUT2D eigenvalue weighted by Crippen LogP contribution is -2.37. The van der Waals surface area contributed by atoms with Crippen molar-refractivity contribution in [3.8, 4) is 0 Å². The first-order valence-electron chi connectivity index (χ1n) is 13.4. The molecule has 0 aliphatic carbocycles. The summed E-state index contributed by atoms with van der Waals surface area (Å²) in [5.41, 5.74) is 3.41. The maximum Gasteiger partial charge on any atom is 0.260 e. The third kappa shape index (κ3) is 6.06. The number of aryl methyl sites for hydroxylation is 1. The first-order valence-corrected chi connectivity index (χ1v) is 15.6. The zero-order valence-electron chi connectivity index (χ0n) is 22.2. The minimum atomic E-state index is -3.73. The summed E-state index contributed by atoms with van der Waals surface area (Å²) in [7, 11) is -3.73. The Kier molecular flexibility index (Phi) is 8.42. The molecule has 0 radical (unpaired) electrons. The molecule has 1 saturated heterocycles. The van der Waals surface area contributed by atoms with Crippen molar-refractivity contribution >= 4 is 42.6 Å². The van der Waals surface area contributed by atoms with Crippen LogP contribution in [0.2, 0.25) is 0 Å². The molecule has 0 saturated carbocycles. The van der Waals surface area contributed by atoms with Crippen molar-refractivity contribution in [3.63, 3.8) is 0 Å². The SMILES string of the molecule is CCc1ccc2nc(N(CC3CCCO3)C(=O)c3ccc(S(=O)(=O)N(CC)Cc4ccccc4)cc3)sc2c1. The number of nitrogens with zero attached hydrogens (tertiary/aromatic N) is 3. The van der Waals surface area contributed by atoms with Crippen LogP contribution >= 0.6 is 11.3 Å². The summed E-state index contributed by atoms with van der Waals surface area (Å²) in [6.45, 7) is 5.65. The number of benzene rings is 3. The lowest BCUT2D eigenvalue weighted by Gasteiger charge is -2.23. The van der Waals surface area contributed by atoms with E-state index in [0.29, 0.717) is 30.4 Å². The summed E-state index contributed by atoms with van der Waals surface area (Å²) in [5.74, 6) is -0.221. The molecule has 1 aromatic heterocycles. The van der Waals surface area contributed by atoms with Crippen LogP contribution < -0.4 is 4.90 Å². The second-order valence-corrected chi connectivity index (χ2v) is 12.6. The molecule has 9 heteroatoms. The number of amides is 1. The Morgan fingerprint density at radius 2 is 1.79 bits per heavy atom. The maximum absolute atomic E-state index is 13.8. The number of rotatable bonds is 10. The van der Waals surface area contributed by atoms with Crippen molar-refractivity contribution in [1.29, 1.82) is 0 Å². The van der Waals surface area contributed by atoms with Gasteiger partial charge in [0.15, 0.2) is 5.13 Å². The molecule has 1 fully saturated rings. The second kappa shape index (κ2) is 12.0. The van der Waals surface area contributed by atoms with Gasteiger partial charge < -0.3 is 4.74 Å². The minimum absolute atomic E-state index is 0.0529. The van der Waals surface area contributed by atoms with Gasteiger partial charge in [0.1, 0.15) is 0 Å². The summed E-state index contributed by atoms with van der Waals surface area (Å²) in [5, 5.41) is 0.621. The van der Waals surface area contributed by atoms with Gasteiger partial charge in [-0.3, -0.25) is 9.69 Å². The van der Waals surface area contributed by atoms with Crippen LogP contribution in [0.4, 0.5) is 5.13 Å². The zero-order chi connectivity index (χ0) is 27.4. The monoisotopic (exact) mass is 563 g/mol. The highest BCUT2D eigenvalue weighted by molar-refractivity contribution is 7.89. The topological polar surface area (TPSA) is 79.8 Å². The van der Waals surface area contributed by atoms with E-state index in [4.69, 9.17) is 9.72 Å². The molecule has 4 aromatic rings. The molecule has 0 N–H and O–H groups in total. The van der Waals surface area contributed by atoms with Gasteiger partial charge in [0.2, 0.25) is 10.0 Å². The fourth-order valence-corrected chi connectivity index (χ4v) is 7.23. The van der Waals surface area contributed by atoms with Gasteiger partial charge >= 0.3 is 0 Å². The predicted molar refractivity (Wildman–Crippen MR) is 156 cm³/mol. The molecule has 204 valence electrons. The Morgan fingerprint density at radius 1 is 1.03 bits per heavy atom. The smallest absolute Gasteiger partial charge is 0.260 e. The fraction of sp³-hybridized carbons (Fsp3) is 0.333.